The molecule has 1 aliphatic heterocycles. The van der Waals surface area contributed by atoms with E-state index in [1.165, 1.54) is 0 Å². The van der Waals surface area contributed by atoms with Gasteiger partial charge in [-0.05, 0) is 24.3 Å². The Labute approximate surface area is 119 Å². The molecular formula is C17H17NO2. The molecule has 1 aromatic carbocycles. The van der Waals surface area contributed by atoms with Crippen LogP contribution in [0.1, 0.15) is 6.42 Å². The van der Waals surface area contributed by atoms with Crippen molar-refractivity contribution in [1.29, 1.82) is 0 Å². The molecule has 1 aliphatic rings. The van der Waals surface area contributed by atoms with Crippen LogP contribution in [0.25, 0.3) is 0 Å². The number of carbonyl (C=O) groups is 1. The molecular weight excluding hydrogens is 250 g/mol. The van der Waals surface area contributed by atoms with Gasteiger partial charge in [0.15, 0.2) is 0 Å². The summed E-state index contributed by atoms with van der Waals surface area (Å²) in [5, 5.41) is 0. The van der Waals surface area contributed by atoms with Crippen molar-refractivity contribution in [3.8, 4) is 18.1 Å². The van der Waals surface area contributed by atoms with Gasteiger partial charge < -0.3 is 9.64 Å². The van der Waals surface area contributed by atoms with Crippen molar-refractivity contribution in [3.05, 3.63) is 49.1 Å². The lowest BCUT2D eigenvalue weighted by atomic mass is 9.84. The molecule has 0 bridgehead atoms. The fraction of sp³-hybridized carbons (Fsp3) is 0.235. The molecule has 3 nitrogen and oxygen atoms in total. The number of β-lactam (4-membered cyclic amide) rings is 1. The highest BCUT2D eigenvalue weighted by molar-refractivity contribution is 6.03. The van der Waals surface area contributed by atoms with E-state index in [1.807, 2.05) is 36.4 Å². The van der Waals surface area contributed by atoms with Crippen LogP contribution in [0.5, 0.6) is 5.75 Å². The van der Waals surface area contributed by atoms with Gasteiger partial charge in [-0.2, -0.15) is 0 Å². The first-order valence-corrected chi connectivity index (χ1v) is 6.42. The Balaban J connectivity index is 2.24. The van der Waals surface area contributed by atoms with Gasteiger partial charge in [-0.3, -0.25) is 4.79 Å². The van der Waals surface area contributed by atoms with Gasteiger partial charge in [0, 0.05) is 12.1 Å². The number of allylic oxidation sites excluding steroid dienone is 2. The molecule has 1 unspecified atom stereocenters. The number of hydrogen-bond acceptors (Lipinski definition) is 2. The number of rotatable bonds is 5. The van der Waals surface area contributed by atoms with Crippen LogP contribution in [0.4, 0.5) is 5.69 Å². The first-order valence-electron chi connectivity index (χ1n) is 6.42. The van der Waals surface area contributed by atoms with E-state index in [4.69, 9.17) is 11.2 Å². The average molecular weight is 267 g/mol. The molecule has 0 aliphatic carbocycles. The van der Waals surface area contributed by atoms with Crippen LogP contribution in [0.3, 0.4) is 0 Å². The van der Waals surface area contributed by atoms with Crippen LogP contribution in [0.2, 0.25) is 0 Å². The van der Waals surface area contributed by atoms with Crippen molar-refractivity contribution in [2.75, 3.05) is 12.0 Å². The van der Waals surface area contributed by atoms with Gasteiger partial charge in [-0.25, -0.2) is 0 Å². The molecule has 2 atom stereocenters. The zero-order valence-electron chi connectivity index (χ0n) is 11.5. The lowest BCUT2D eigenvalue weighted by molar-refractivity contribution is -0.128. The van der Waals surface area contributed by atoms with E-state index in [1.54, 1.807) is 18.1 Å². The molecule has 1 amide bonds. The normalized spacial score (nSPS) is 21.4. The third-order valence-electron chi connectivity index (χ3n) is 3.40. The number of hydrogen-bond donors (Lipinski definition) is 0. The minimum atomic E-state index is -0.140. The van der Waals surface area contributed by atoms with Crippen LogP contribution in [-0.4, -0.2) is 19.1 Å². The molecule has 1 heterocycles. The summed E-state index contributed by atoms with van der Waals surface area (Å²) in [6, 6.07) is 7.41. The standard InChI is InChI=1S/C17H17NO2/c1-4-6-8-16-15(7-5-2)17(19)18(16)13-9-11-14(20-3)12-10-13/h2,4,6,8-12,15-16H,1,7H2,3H3/b8-6+/t15-,16?/m1/s1. The van der Waals surface area contributed by atoms with Crippen LogP contribution in [0.15, 0.2) is 49.1 Å². The molecule has 0 saturated carbocycles. The predicted molar refractivity (Wildman–Crippen MR) is 80.5 cm³/mol. The molecule has 0 spiro atoms. The number of carbonyl (C=O) groups excluding carboxylic acids is 1. The van der Waals surface area contributed by atoms with Gasteiger partial charge in [0.1, 0.15) is 5.75 Å². The first kappa shape index (κ1) is 14.0. The largest absolute Gasteiger partial charge is 0.497 e. The summed E-state index contributed by atoms with van der Waals surface area (Å²) in [6.07, 6.45) is 11.3. The Hall–Kier alpha value is -2.47. The summed E-state index contributed by atoms with van der Waals surface area (Å²) in [6.45, 7) is 3.65. The summed E-state index contributed by atoms with van der Waals surface area (Å²) in [5.74, 6) is 3.25. The second-order valence-electron chi connectivity index (χ2n) is 4.53. The zero-order valence-corrected chi connectivity index (χ0v) is 11.5. The van der Waals surface area contributed by atoms with E-state index in [0.29, 0.717) is 6.42 Å². The third kappa shape index (κ3) is 2.46. The van der Waals surface area contributed by atoms with Crippen LogP contribution < -0.4 is 9.64 Å². The van der Waals surface area contributed by atoms with E-state index < -0.39 is 0 Å². The predicted octanol–water partition coefficient (Wildman–Crippen LogP) is 2.79. The SMILES string of the molecule is C#CC[C@H]1C(=O)N(c2ccc(OC)cc2)C1/C=C/C=C. The highest BCUT2D eigenvalue weighted by atomic mass is 16.5. The van der Waals surface area contributed by atoms with Crippen molar-refractivity contribution in [1.82, 2.24) is 0 Å². The van der Waals surface area contributed by atoms with Gasteiger partial charge in [0.05, 0.1) is 19.1 Å². The quantitative estimate of drug-likeness (QED) is 0.466. The summed E-state index contributed by atoms with van der Waals surface area (Å²) >= 11 is 0. The van der Waals surface area contributed by atoms with E-state index in [0.717, 1.165) is 11.4 Å². The van der Waals surface area contributed by atoms with Gasteiger partial charge in [-0.1, -0.05) is 24.8 Å². The van der Waals surface area contributed by atoms with Gasteiger partial charge in [0.2, 0.25) is 5.91 Å². The molecule has 1 saturated heterocycles. The van der Waals surface area contributed by atoms with E-state index in [2.05, 4.69) is 12.5 Å². The molecule has 0 radical (unpaired) electrons. The lowest BCUT2D eigenvalue weighted by Crippen LogP contribution is -2.60. The zero-order chi connectivity index (χ0) is 14.5. The highest BCUT2D eigenvalue weighted by Gasteiger charge is 2.45. The lowest BCUT2D eigenvalue weighted by Gasteiger charge is -2.45. The Morgan fingerprint density at radius 3 is 2.70 bits per heavy atom. The van der Waals surface area contributed by atoms with Crippen molar-refractivity contribution >= 4 is 11.6 Å². The van der Waals surface area contributed by atoms with Gasteiger partial charge in [-0.15, -0.1) is 12.3 Å². The van der Waals surface area contributed by atoms with Crippen molar-refractivity contribution in [2.45, 2.75) is 12.5 Å². The van der Waals surface area contributed by atoms with E-state index in [-0.39, 0.29) is 17.9 Å². The molecule has 3 heteroatoms. The maximum atomic E-state index is 12.2. The molecule has 0 N–H and O–H groups in total. The maximum Gasteiger partial charge on any atom is 0.234 e. The minimum Gasteiger partial charge on any atom is -0.497 e. The maximum absolute atomic E-state index is 12.2. The fourth-order valence-corrected chi connectivity index (χ4v) is 2.36. The Bertz CT molecular complexity index is 566. The first-order chi connectivity index (χ1) is 9.72. The minimum absolute atomic E-state index is 0.00931. The molecule has 1 aromatic rings. The molecule has 20 heavy (non-hydrogen) atoms. The van der Waals surface area contributed by atoms with E-state index >= 15 is 0 Å². The van der Waals surface area contributed by atoms with Crippen LogP contribution in [-0.2, 0) is 4.79 Å². The molecule has 1 fully saturated rings. The Kier molecular flexibility index (Phi) is 4.27. The smallest absolute Gasteiger partial charge is 0.234 e. The average Bonchev–Trinajstić information content (AvgIpc) is 2.49. The number of ether oxygens (including phenoxy) is 1. The monoisotopic (exact) mass is 267 g/mol. The third-order valence-corrected chi connectivity index (χ3v) is 3.40. The summed E-state index contributed by atoms with van der Waals surface area (Å²) < 4.78 is 5.12. The summed E-state index contributed by atoms with van der Waals surface area (Å²) in [5.41, 5.74) is 0.850. The molecule has 2 rings (SSSR count). The Morgan fingerprint density at radius 2 is 2.15 bits per heavy atom. The second kappa shape index (κ2) is 6.12. The Morgan fingerprint density at radius 1 is 1.45 bits per heavy atom. The van der Waals surface area contributed by atoms with E-state index in [9.17, 15) is 4.79 Å². The van der Waals surface area contributed by atoms with Crippen LogP contribution in [0, 0.1) is 18.3 Å². The fourth-order valence-electron chi connectivity index (χ4n) is 2.36. The molecule has 0 aromatic heterocycles. The number of terminal acetylenes is 1. The number of benzene rings is 1. The number of nitrogens with zero attached hydrogens (tertiary/aromatic N) is 1. The number of methoxy groups -OCH3 is 1. The number of amides is 1. The number of anilines is 1. The molecule has 102 valence electrons. The topological polar surface area (TPSA) is 29.5 Å². The summed E-state index contributed by atoms with van der Waals surface area (Å²) in [7, 11) is 1.61. The van der Waals surface area contributed by atoms with Crippen LogP contribution >= 0.6 is 0 Å². The van der Waals surface area contributed by atoms with Crippen molar-refractivity contribution < 1.29 is 9.53 Å². The van der Waals surface area contributed by atoms with Gasteiger partial charge in [0.25, 0.3) is 0 Å². The van der Waals surface area contributed by atoms with Crippen molar-refractivity contribution in [3.63, 3.8) is 0 Å². The van der Waals surface area contributed by atoms with Gasteiger partial charge >= 0.3 is 0 Å². The van der Waals surface area contributed by atoms with Crippen molar-refractivity contribution in [2.24, 2.45) is 5.92 Å². The summed E-state index contributed by atoms with van der Waals surface area (Å²) in [4.78, 5) is 14.0. The second-order valence-corrected chi connectivity index (χ2v) is 4.53. The highest BCUT2D eigenvalue weighted by Crippen LogP contribution is 2.35.